The number of thioether (sulfide) groups is 1. The minimum absolute atomic E-state index is 0.00857. The highest BCUT2D eigenvalue weighted by Crippen LogP contribution is 2.32. The minimum Gasteiger partial charge on any atom is -0.489 e. The summed E-state index contributed by atoms with van der Waals surface area (Å²) in [4.78, 5) is 48.7. The summed E-state index contributed by atoms with van der Waals surface area (Å²) in [6.45, 7) is -0.183. The van der Waals surface area contributed by atoms with E-state index in [9.17, 15) is 24.5 Å². The molecule has 1 heterocycles. The van der Waals surface area contributed by atoms with Gasteiger partial charge in [0, 0.05) is 22.8 Å². The number of non-ortho nitro benzene ring substituents is 1. The highest BCUT2D eigenvalue weighted by molar-refractivity contribution is 8.18. The van der Waals surface area contributed by atoms with Crippen molar-refractivity contribution in [3.8, 4) is 5.75 Å². The van der Waals surface area contributed by atoms with Gasteiger partial charge in [0.05, 0.1) is 9.83 Å². The number of benzene rings is 3. The van der Waals surface area contributed by atoms with E-state index in [2.05, 4.69) is 5.32 Å². The summed E-state index contributed by atoms with van der Waals surface area (Å²) in [6.07, 6.45) is 1.57. The first-order valence-corrected chi connectivity index (χ1v) is 11.7. The lowest BCUT2D eigenvalue weighted by Crippen LogP contribution is -2.36. The summed E-state index contributed by atoms with van der Waals surface area (Å²) < 4.78 is 5.69. The fourth-order valence-corrected chi connectivity index (χ4v) is 4.27. The predicted molar refractivity (Wildman–Crippen MR) is 137 cm³/mol. The fraction of sp³-hybridized carbons (Fsp3) is 0.0800. The van der Waals surface area contributed by atoms with Crippen molar-refractivity contribution in [3.05, 3.63) is 104 Å². The van der Waals surface area contributed by atoms with Crippen molar-refractivity contribution in [2.45, 2.75) is 6.61 Å². The van der Waals surface area contributed by atoms with Gasteiger partial charge < -0.3 is 10.1 Å². The van der Waals surface area contributed by atoms with Crippen LogP contribution in [0.1, 0.15) is 11.1 Å². The number of nitrogens with one attached hydrogen (secondary N) is 1. The second kappa shape index (κ2) is 11.1. The monoisotopic (exact) mass is 523 g/mol. The molecule has 0 spiro atoms. The third-order valence-corrected chi connectivity index (χ3v) is 6.16. The molecule has 0 aliphatic carbocycles. The summed E-state index contributed by atoms with van der Waals surface area (Å²) >= 11 is 6.66. The molecule has 0 unspecified atom stereocenters. The zero-order valence-electron chi connectivity index (χ0n) is 18.5. The lowest BCUT2D eigenvalue weighted by atomic mass is 10.2. The van der Waals surface area contributed by atoms with Gasteiger partial charge in [-0.2, -0.15) is 0 Å². The van der Waals surface area contributed by atoms with Gasteiger partial charge in [0.2, 0.25) is 5.91 Å². The Kier molecular flexibility index (Phi) is 7.67. The van der Waals surface area contributed by atoms with Crippen molar-refractivity contribution < 1.29 is 24.0 Å². The maximum atomic E-state index is 12.7. The van der Waals surface area contributed by atoms with Gasteiger partial charge in [-0.15, -0.1) is 0 Å². The number of nitro benzene ring substituents is 1. The van der Waals surface area contributed by atoms with E-state index in [1.54, 1.807) is 66.7 Å². The molecule has 0 atom stereocenters. The van der Waals surface area contributed by atoms with Crippen LogP contribution in [-0.2, 0) is 16.2 Å². The van der Waals surface area contributed by atoms with E-state index in [1.807, 2.05) is 0 Å². The number of rotatable bonds is 8. The van der Waals surface area contributed by atoms with Crippen LogP contribution < -0.4 is 10.1 Å². The molecule has 0 radical (unpaired) electrons. The van der Waals surface area contributed by atoms with E-state index in [-0.39, 0.29) is 17.2 Å². The number of carbonyl (C=O) groups is 3. The van der Waals surface area contributed by atoms with Crippen LogP contribution in [0.5, 0.6) is 5.75 Å². The molecule has 3 aromatic rings. The third-order valence-electron chi connectivity index (χ3n) is 5.01. The number of hydrogen-bond donors (Lipinski definition) is 1. The van der Waals surface area contributed by atoms with Gasteiger partial charge in [-0.1, -0.05) is 29.8 Å². The normalized spacial score (nSPS) is 14.2. The molecule has 3 aromatic carbocycles. The Morgan fingerprint density at radius 1 is 1.08 bits per heavy atom. The lowest BCUT2D eigenvalue weighted by Gasteiger charge is -2.12. The first-order valence-electron chi connectivity index (χ1n) is 10.6. The smallest absolute Gasteiger partial charge is 0.294 e. The van der Waals surface area contributed by atoms with Gasteiger partial charge in [-0.3, -0.25) is 29.4 Å². The zero-order chi connectivity index (χ0) is 25.7. The van der Waals surface area contributed by atoms with Crippen LogP contribution in [-0.4, -0.2) is 33.4 Å². The molecule has 4 rings (SSSR count). The number of carbonyl (C=O) groups excluding carboxylic acids is 3. The summed E-state index contributed by atoms with van der Waals surface area (Å²) in [5.74, 6) is -0.503. The molecule has 0 aromatic heterocycles. The number of amides is 3. The first-order chi connectivity index (χ1) is 17.3. The predicted octanol–water partition coefficient (Wildman–Crippen LogP) is 5.50. The van der Waals surface area contributed by atoms with Crippen molar-refractivity contribution in [2.24, 2.45) is 0 Å². The lowest BCUT2D eigenvalue weighted by molar-refractivity contribution is -0.384. The van der Waals surface area contributed by atoms with E-state index in [0.717, 1.165) is 22.2 Å². The maximum Gasteiger partial charge on any atom is 0.294 e. The number of imide groups is 1. The quantitative estimate of drug-likeness (QED) is 0.235. The first kappa shape index (κ1) is 25.0. The van der Waals surface area contributed by atoms with E-state index < -0.39 is 28.5 Å². The number of nitro groups is 1. The molecule has 1 fully saturated rings. The maximum absolute atomic E-state index is 12.7. The van der Waals surface area contributed by atoms with Crippen LogP contribution in [0.3, 0.4) is 0 Å². The second-order valence-corrected chi connectivity index (χ2v) is 9.04. The summed E-state index contributed by atoms with van der Waals surface area (Å²) in [6, 6.07) is 19.5. The Morgan fingerprint density at radius 2 is 1.81 bits per heavy atom. The highest BCUT2D eigenvalue weighted by Gasteiger charge is 2.36. The number of nitrogens with zero attached hydrogens (tertiary/aromatic N) is 2. The highest BCUT2D eigenvalue weighted by atomic mass is 35.5. The molecule has 9 nitrogen and oxygen atoms in total. The van der Waals surface area contributed by atoms with E-state index in [4.69, 9.17) is 16.3 Å². The molecule has 1 aliphatic rings. The standard InChI is InChI=1S/C25H18ClN3O6S/c26-18-2-1-3-19(13-18)27-23(30)14-28-24(31)22(36-25(28)32)12-16-6-10-21(11-7-16)35-15-17-4-8-20(9-5-17)29(33)34/h1-13H,14-15H2,(H,27,30)/b22-12+. The molecule has 182 valence electrons. The van der Waals surface area contributed by atoms with Crippen molar-refractivity contribution in [3.63, 3.8) is 0 Å². The average molecular weight is 524 g/mol. The molecule has 1 saturated heterocycles. The molecule has 0 saturated carbocycles. The molecule has 11 heteroatoms. The van der Waals surface area contributed by atoms with Crippen molar-refractivity contribution >= 4 is 57.9 Å². The molecule has 1 aliphatic heterocycles. The minimum atomic E-state index is -0.551. The van der Waals surface area contributed by atoms with Crippen molar-refractivity contribution in [1.29, 1.82) is 0 Å². The van der Waals surface area contributed by atoms with Crippen LogP contribution >= 0.6 is 23.4 Å². The Bertz CT molecular complexity index is 1360. The van der Waals surface area contributed by atoms with Crippen molar-refractivity contribution in [2.75, 3.05) is 11.9 Å². The van der Waals surface area contributed by atoms with Gasteiger partial charge in [0.1, 0.15) is 18.9 Å². The second-order valence-electron chi connectivity index (χ2n) is 7.61. The molecular weight excluding hydrogens is 506 g/mol. The van der Waals surface area contributed by atoms with Crippen LogP contribution in [0.4, 0.5) is 16.2 Å². The SMILES string of the molecule is O=C(CN1C(=O)S/C(=C/c2ccc(OCc3ccc([N+](=O)[O-])cc3)cc2)C1=O)Nc1cccc(Cl)c1. The molecule has 1 N–H and O–H groups in total. The molecule has 0 bridgehead atoms. The Hall–Kier alpha value is -4.15. The number of ether oxygens (including phenoxy) is 1. The Morgan fingerprint density at radius 3 is 2.47 bits per heavy atom. The molecule has 3 amide bonds. The summed E-state index contributed by atoms with van der Waals surface area (Å²) in [7, 11) is 0. The topological polar surface area (TPSA) is 119 Å². The van der Waals surface area contributed by atoms with E-state index in [0.29, 0.717) is 22.0 Å². The van der Waals surface area contributed by atoms with Gasteiger partial charge >= 0.3 is 0 Å². The van der Waals surface area contributed by atoms with E-state index in [1.165, 1.54) is 12.1 Å². The molecular formula is C25H18ClN3O6S. The van der Waals surface area contributed by atoms with Gasteiger partial charge in [-0.05, 0) is 71.4 Å². The Labute approximate surface area is 214 Å². The van der Waals surface area contributed by atoms with Gasteiger partial charge in [-0.25, -0.2) is 0 Å². The van der Waals surface area contributed by atoms with Gasteiger partial charge in [0.25, 0.3) is 16.8 Å². The number of halogens is 1. The van der Waals surface area contributed by atoms with Crippen LogP contribution in [0.25, 0.3) is 6.08 Å². The van der Waals surface area contributed by atoms with Crippen molar-refractivity contribution in [1.82, 2.24) is 4.90 Å². The Balaban J connectivity index is 1.34. The van der Waals surface area contributed by atoms with Crippen LogP contribution in [0, 0.1) is 10.1 Å². The van der Waals surface area contributed by atoms with Gasteiger partial charge in [0.15, 0.2) is 0 Å². The fourth-order valence-electron chi connectivity index (χ4n) is 3.24. The largest absolute Gasteiger partial charge is 0.489 e. The number of anilines is 1. The molecule has 36 heavy (non-hydrogen) atoms. The number of hydrogen-bond acceptors (Lipinski definition) is 7. The summed E-state index contributed by atoms with van der Waals surface area (Å²) in [5.41, 5.74) is 1.92. The average Bonchev–Trinajstić information content (AvgIpc) is 3.11. The van der Waals surface area contributed by atoms with Crippen LogP contribution in [0.15, 0.2) is 77.7 Å². The zero-order valence-corrected chi connectivity index (χ0v) is 20.1. The summed E-state index contributed by atoms with van der Waals surface area (Å²) in [5, 5.41) is 13.3. The van der Waals surface area contributed by atoms with Crippen LogP contribution in [0.2, 0.25) is 5.02 Å². The third kappa shape index (κ3) is 6.29. The van der Waals surface area contributed by atoms with E-state index >= 15 is 0 Å².